The number of nitrogens with two attached hydrogens (primary N) is 1. The molecule has 3 nitrogen and oxygen atoms in total. The summed E-state index contributed by atoms with van der Waals surface area (Å²) in [5, 5.41) is 3.29. The van der Waals surface area contributed by atoms with Crippen molar-refractivity contribution in [2.45, 2.75) is 46.1 Å². The molecule has 1 aromatic rings. The molecule has 1 aliphatic carbocycles. The maximum Gasteiger partial charge on any atom is 0.223 e. The molecule has 1 amide bonds. The van der Waals surface area contributed by atoms with Gasteiger partial charge in [0.2, 0.25) is 5.91 Å². The zero-order valence-corrected chi connectivity index (χ0v) is 14.7. The highest BCUT2D eigenvalue weighted by Gasteiger charge is 2.33. The number of halogens is 1. The van der Waals surface area contributed by atoms with Crippen molar-refractivity contribution in [1.29, 1.82) is 0 Å². The van der Waals surface area contributed by atoms with Gasteiger partial charge in [0, 0.05) is 5.92 Å². The Morgan fingerprint density at radius 2 is 2.00 bits per heavy atom. The minimum atomic E-state index is 0. The average molecular weight is 325 g/mol. The lowest BCUT2D eigenvalue weighted by Crippen LogP contribution is -2.39. The normalized spacial score (nSPS) is 22.2. The van der Waals surface area contributed by atoms with Crippen LogP contribution in [0.2, 0.25) is 0 Å². The third-order valence-electron chi connectivity index (χ3n) is 4.79. The highest BCUT2D eigenvalue weighted by atomic mass is 35.5. The summed E-state index contributed by atoms with van der Waals surface area (Å²) < 4.78 is 0. The molecule has 3 atom stereocenters. The van der Waals surface area contributed by atoms with Gasteiger partial charge in [0.05, 0.1) is 6.04 Å². The molecule has 1 aliphatic rings. The molecule has 1 saturated carbocycles. The van der Waals surface area contributed by atoms with Gasteiger partial charge in [-0.15, -0.1) is 12.4 Å². The summed E-state index contributed by atoms with van der Waals surface area (Å²) in [7, 11) is 0. The minimum Gasteiger partial charge on any atom is -0.349 e. The lowest BCUT2D eigenvalue weighted by atomic mass is 9.90. The van der Waals surface area contributed by atoms with E-state index in [4.69, 9.17) is 5.73 Å². The van der Waals surface area contributed by atoms with Crippen molar-refractivity contribution in [1.82, 2.24) is 5.32 Å². The molecular formula is C18H29ClN2O. The average Bonchev–Trinajstić information content (AvgIpc) is 2.93. The number of benzene rings is 1. The molecular weight excluding hydrogens is 296 g/mol. The number of carbonyl (C=O) groups is 1. The van der Waals surface area contributed by atoms with Crippen LogP contribution >= 0.6 is 12.4 Å². The Labute approximate surface area is 140 Å². The Hall–Kier alpha value is -1.06. The van der Waals surface area contributed by atoms with E-state index in [0.29, 0.717) is 18.4 Å². The van der Waals surface area contributed by atoms with E-state index in [0.717, 1.165) is 19.3 Å². The summed E-state index contributed by atoms with van der Waals surface area (Å²) in [6, 6.07) is 8.39. The number of aryl methyl sites for hydroxylation is 1. The van der Waals surface area contributed by atoms with Crippen LogP contribution in [0.15, 0.2) is 24.3 Å². The first-order chi connectivity index (χ1) is 10.0. The van der Waals surface area contributed by atoms with E-state index >= 15 is 0 Å². The van der Waals surface area contributed by atoms with Crippen LogP contribution in [-0.4, -0.2) is 12.5 Å². The summed E-state index contributed by atoms with van der Waals surface area (Å²) in [5.74, 6) is 1.01. The second-order valence-electron chi connectivity index (χ2n) is 6.62. The fraction of sp³-hybridized carbons (Fsp3) is 0.611. The van der Waals surface area contributed by atoms with Gasteiger partial charge in [0.25, 0.3) is 0 Å². The van der Waals surface area contributed by atoms with Gasteiger partial charge in [-0.05, 0) is 49.3 Å². The van der Waals surface area contributed by atoms with Crippen LogP contribution < -0.4 is 11.1 Å². The molecule has 0 heterocycles. The molecule has 0 radical (unpaired) electrons. The Kier molecular flexibility index (Phi) is 7.37. The number of hydrogen-bond donors (Lipinski definition) is 2. The highest BCUT2D eigenvalue weighted by molar-refractivity contribution is 5.85. The van der Waals surface area contributed by atoms with Crippen molar-refractivity contribution in [2.75, 3.05) is 6.54 Å². The quantitative estimate of drug-likeness (QED) is 0.869. The summed E-state index contributed by atoms with van der Waals surface area (Å²) in [6.45, 7) is 7.04. The van der Waals surface area contributed by atoms with Crippen LogP contribution in [0.3, 0.4) is 0 Å². The third kappa shape index (κ3) is 4.23. The predicted octanol–water partition coefficient (Wildman–Crippen LogP) is 3.61. The highest BCUT2D eigenvalue weighted by Crippen LogP contribution is 2.32. The van der Waals surface area contributed by atoms with Crippen LogP contribution in [0, 0.1) is 24.7 Å². The predicted molar refractivity (Wildman–Crippen MR) is 94.0 cm³/mol. The first kappa shape index (κ1) is 19.0. The van der Waals surface area contributed by atoms with Crippen LogP contribution in [0.4, 0.5) is 0 Å². The molecule has 0 aromatic heterocycles. The second kappa shape index (κ2) is 8.54. The van der Waals surface area contributed by atoms with Gasteiger partial charge in [0.1, 0.15) is 0 Å². The van der Waals surface area contributed by atoms with Crippen LogP contribution in [0.25, 0.3) is 0 Å². The topological polar surface area (TPSA) is 55.1 Å². The van der Waals surface area contributed by atoms with Gasteiger partial charge in [-0.25, -0.2) is 0 Å². The van der Waals surface area contributed by atoms with Crippen LogP contribution in [0.1, 0.15) is 50.3 Å². The molecule has 124 valence electrons. The fourth-order valence-corrected chi connectivity index (χ4v) is 3.46. The van der Waals surface area contributed by atoms with Crippen molar-refractivity contribution in [3.63, 3.8) is 0 Å². The Morgan fingerprint density at radius 3 is 2.59 bits per heavy atom. The van der Waals surface area contributed by atoms with E-state index in [-0.39, 0.29) is 30.3 Å². The lowest BCUT2D eigenvalue weighted by molar-refractivity contribution is -0.127. The molecule has 1 unspecified atom stereocenters. The number of nitrogens with one attached hydrogen (secondary N) is 1. The fourth-order valence-electron chi connectivity index (χ4n) is 3.46. The van der Waals surface area contributed by atoms with Crippen molar-refractivity contribution in [3.05, 3.63) is 35.4 Å². The number of hydrogen-bond acceptors (Lipinski definition) is 2. The minimum absolute atomic E-state index is 0. The van der Waals surface area contributed by atoms with Crippen LogP contribution in [-0.2, 0) is 4.79 Å². The Bertz CT molecular complexity index is 490. The standard InChI is InChI=1S/C18H28N2O.ClH/c1-12(2)17(15-9-5-4-7-13(15)3)20-18(21)16-10-6-8-14(16)11-19;/h4-5,7,9,12,14,16-17H,6,8,10-11,19H2,1-3H3,(H,20,21);1H/t14-,16-,17?;/m1./s1. The SMILES string of the molecule is Cc1ccccc1C(NC(=O)[C@@H]1CCC[C@@H]1CN)C(C)C.Cl. The van der Waals surface area contributed by atoms with E-state index in [9.17, 15) is 4.79 Å². The van der Waals surface area contributed by atoms with Gasteiger partial charge >= 0.3 is 0 Å². The summed E-state index contributed by atoms with van der Waals surface area (Å²) in [6.07, 6.45) is 3.19. The molecule has 0 spiro atoms. The molecule has 0 aliphatic heterocycles. The van der Waals surface area contributed by atoms with Gasteiger partial charge in [-0.2, -0.15) is 0 Å². The van der Waals surface area contributed by atoms with E-state index in [1.807, 2.05) is 12.1 Å². The second-order valence-corrected chi connectivity index (χ2v) is 6.62. The number of carbonyl (C=O) groups excluding carboxylic acids is 1. The largest absolute Gasteiger partial charge is 0.349 e. The van der Waals surface area contributed by atoms with Gasteiger partial charge in [-0.3, -0.25) is 4.79 Å². The van der Waals surface area contributed by atoms with E-state index in [1.165, 1.54) is 11.1 Å². The van der Waals surface area contributed by atoms with Crippen molar-refractivity contribution in [3.8, 4) is 0 Å². The Balaban J connectivity index is 0.00000242. The van der Waals surface area contributed by atoms with Crippen LogP contribution in [0.5, 0.6) is 0 Å². The van der Waals surface area contributed by atoms with Gasteiger partial charge in [-0.1, -0.05) is 44.5 Å². The summed E-state index contributed by atoms with van der Waals surface area (Å²) in [4.78, 5) is 12.6. The third-order valence-corrected chi connectivity index (χ3v) is 4.79. The maximum atomic E-state index is 12.6. The van der Waals surface area contributed by atoms with Gasteiger partial charge < -0.3 is 11.1 Å². The first-order valence-electron chi connectivity index (χ1n) is 8.10. The molecule has 3 N–H and O–H groups in total. The zero-order chi connectivity index (χ0) is 15.4. The lowest BCUT2D eigenvalue weighted by Gasteiger charge is -2.27. The van der Waals surface area contributed by atoms with E-state index in [2.05, 4.69) is 38.2 Å². The number of rotatable bonds is 5. The molecule has 0 bridgehead atoms. The smallest absolute Gasteiger partial charge is 0.223 e. The van der Waals surface area contributed by atoms with E-state index < -0.39 is 0 Å². The van der Waals surface area contributed by atoms with Crippen molar-refractivity contribution in [2.24, 2.45) is 23.5 Å². The monoisotopic (exact) mass is 324 g/mol. The molecule has 0 saturated heterocycles. The summed E-state index contributed by atoms with van der Waals surface area (Å²) >= 11 is 0. The van der Waals surface area contributed by atoms with E-state index in [1.54, 1.807) is 0 Å². The molecule has 1 fully saturated rings. The summed E-state index contributed by atoms with van der Waals surface area (Å²) in [5.41, 5.74) is 8.27. The molecule has 22 heavy (non-hydrogen) atoms. The first-order valence-corrected chi connectivity index (χ1v) is 8.10. The Morgan fingerprint density at radius 1 is 1.32 bits per heavy atom. The zero-order valence-electron chi connectivity index (χ0n) is 13.8. The molecule has 1 aromatic carbocycles. The van der Waals surface area contributed by atoms with Crippen molar-refractivity contribution >= 4 is 18.3 Å². The molecule has 2 rings (SSSR count). The maximum absolute atomic E-state index is 12.6. The number of amides is 1. The molecule has 4 heteroatoms. The van der Waals surface area contributed by atoms with Crippen molar-refractivity contribution < 1.29 is 4.79 Å². The van der Waals surface area contributed by atoms with Gasteiger partial charge in [0.15, 0.2) is 0 Å².